The molecule has 194 valence electrons. The standard InChI is InChI=1S/C27H35FN2O5Si/c1-34-20-11-13-25(23(28)15-20)35-17-18-7-5-9-21-22(18)16-30(27(21)33)24(26(29)32)12-10-19(31)8-6-14-36(2,3)4/h5,7,9,11,13,15,24H,6,8,10,12,14,16-17H2,1-4H3,(H2,29,32). The molecule has 0 saturated carbocycles. The van der Waals surface area contributed by atoms with Crippen LogP contribution in [0.25, 0.3) is 0 Å². The van der Waals surface area contributed by atoms with Crippen molar-refractivity contribution in [3.8, 4) is 11.5 Å². The SMILES string of the molecule is COc1ccc(OCc2cccc3c2CN(C(CCC(=O)CCC[Si](C)(C)C)C(N)=O)C3=O)c(F)c1. The number of nitrogens with two attached hydrogens (primary N) is 1. The molecule has 7 nitrogen and oxygen atoms in total. The smallest absolute Gasteiger partial charge is 0.255 e. The molecule has 1 heterocycles. The van der Waals surface area contributed by atoms with E-state index >= 15 is 0 Å². The van der Waals surface area contributed by atoms with Gasteiger partial charge >= 0.3 is 0 Å². The molecule has 2 aromatic carbocycles. The summed E-state index contributed by atoms with van der Waals surface area (Å²) in [7, 11) is 0.243. The lowest BCUT2D eigenvalue weighted by atomic mass is 10.0. The number of ketones is 1. The van der Waals surface area contributed by atoms with Gasteiger partial charge in [0.05, 0.1) is 7.11 Å². The molecule has 2 amide bonds. The van der Waals surface area contributed by atoms with E-state index in [1.807, 2.05) is 0 Å². The van der Waals surface area contributed by atoms with E-state index < -0.39 is 25.8 Å². The number of ether oxygens (including phenoxy) is 2. The summed E-state index contributed by atoms with van der Waals surface area (Å²) in [5.41, 5.74) is 7.54. The van der Waals surface area contributed by atoms with Crippen molar-refractivity contribution in [3.63, 3.8) is 0 Å². The maximum Gasteiger partial charge on any atom is 0.255 e. The number of halogens is 1. The van der Waals surface area contributed by atoms with E-state index in [1.165, 1.54) is 24.1 Å². The summed E-state index contributed by atoms with van der Waals surface area (Å²) < 4.78 is 25.0. The average Bonchev–Trinajstić information content (AvgIpc) is 3.14. The number of rotatable bonds is 13. The fraction of sp³-hybridized carbons (Fsp3) is 0.444. The minimum atomic E-state index is -1.21. The van der Waals surface area contributed by atoms with Gasteiger partial charge in [0.2, 0.25) is 5.91 Å². The summed E-state index contributed by atoms with van der Waals surface area (Å²) in [5.74, 6) is -0.963. The van der Waals surface area contributed by atoms with E-state index in [-0.39, 0.29) is 43.4 Å². The minimum Gasteiger partial charge on any atom is -0.497 e. The molecule has 9 heteroatoms. The molecule has 0 aromatic heterocycles. The number of amides is 2. The minimum absolute atomic E-state index is 0.0460. The van der Waals surface area contributed by atoms with Gasteiger partial charge < -0.3 is 20.1 Å². The summed E-state index contributed by atoms with van der Waals surface area (Å²) >= 11 is 0. The molecule has 0 aliphatic carbocycles. The van der Waals surface area contributed by atoms with Crippen molar-refractivity contribution in [2.45, 2.75) is 70.6 Å². The number of hydrogen-bond acceptors (Lipinski definition) is 5. The number of carbonyl (C=O) groups is 3. The van der Waals surface area contributed by atoms with E-state index in [9.17, 15) is 18.8 Å². The second kappa shape index (κ2) is 11.7. The van der Waals surface area contributed by atoms with Gasteiger partial charge in [-0.3, -0.25) is 14.4 Å². The molecule has 1 unspecified atom stereocenters. The lowest BCUT2D eigenvalue weighted by molar-refractivity contribution is -0.123. The van der Waals surface area contributed by atoms with Gasteiger partial charge in [0, 0.05) is 39.1 Å². The first-order valence-electron chi connectivity index (χ1n) is 12.2. The number of carbonyl (C=O) groups excluding carboxylic acids is 3. The molecular weight excluding hydrogens is 479 g/mol. The number of Topliss-reactive ketones (excluding diaryl/α,β-unsaturated/α-hetero) is 1. The molecule has 1 atom stereocenters. The summed E-state index contributed by atoms with van der Waals surface area (Å²) in [4.78, 5) is 39.3. The van der Waals surface area contributed by atoms with Crippen molar-refractivity contribution < 1.29 is 28.2 Å². The summed E-state index contributed by atoms with van der Waals surface area (Å²) in [6.45, 7) is 7.03. The number of nitrogens with zero attached hydrogens (tertiary/aromatic N) is 1. The van der Waals surface area contributed by atoms with E-state index in [0.29, 0.717) is 28.9 Å². The largest absolute Gasteiger partial charge is 0.497 e. The number of methoxy groups -OCH3 is 1. The Morgan fingerprint density at radius 2 is 1.92 bits per heavy atom. The molecule has 2 N–H and O–H groups in total. The molecule has 3 rings (SSSR count). The number of benzene rings is 2. The molecule has 0 saturated heterocycles. The molecule has 1 aliphatic rings. The number of primary amides is 1. The van der Waals surface area contributed by atoms with Gasteiger partial charge in [-0.25, -0.2) is 4.39 Å². The van der Waals surface area contributed by atoms with Crippen LogP contribution in [0.3, 0.4) is 0 Å². The predicted molar refractivity (Wildman–Crippen MR) is 138 cm³/mol. The molecule has 1 aliphatic heterocycles. The third-order valence-electron chi connectivity index (χ3n) is 6.40. The highest BCUT2D eigenvalue weighted by molar-refractivity contribution is 6.76. The highest BCUT2D eigenvalue weighted by Gasteiger charge is 2.36. The second-order valence-electron chi connectivity index (χ2n) is 10.4. The Balaban J connectivity index is 1.66. The van der Waals surface area contributed by atoms with Crippen LogP contribution in [0.1, 0.15) is 47.2 Å². The van der Waals surface area contributed by atoms with Crippen molar-refractivity contribution in [1.29, 1.82) is 0 Å². The predicted octanol–water partition coefficient (Wildman–Crippen LogP) is 4.69. The van der Waals surface area contributed by atoms with Gasteiger partial charge in [0.15, 0.2) is 11.6 Å². The Hall–Kier alpha value is -3.20. The first-order chi connectivity index (χ1) is 17.0. The fourth-order valence-electron chi connectivity index (χ4n) is 4.38. The van der Waals surface area contributed by atoms with Crippen LogP contribution in [0, 0.1) is 5.82 Å². The quantitative estimate of drug-likeness (QED) is 0.391. The van der Waals surface area contributed by atoms with Crippen LogP contribution in [0.2, 0.25) is 25.7 Å². The van der Waals surface area contributed by atoms with E-state index in [2.05, 4.69) is 19.6 Å². The Morgan fingerprint density at radius 3 is 2.56 bits per heavy atom. The molecule has 2 aromatic rings. The molecule has 0 bridgehead atoms. The lowest BCUT2D eigenvalue weighted by Crippen LogP contribution is -2.45. The van der Waals surface area contributed by atoms with Gasteiger partial charge in [-0.2, -0.15) is 0 Å². The Morgan fingerprint density at radius 1 is 1.17 bits per heavy atom. The van der Waals surface area contributed by atoms with E-state index in [1.54, 1.807) is 24.3 Å². The maximum absolute atomic E-state index is 14.3. The van der Waals surface area contributed by atoms with Gasteiger partial charge in [0.1, 0.15) is 24.2 Å². The maximum atomic E-state index is 14.3. The Kier molecular flexibility index (Phi) is 8.89. The van der Waals surface area contributed by atoms with Crippen LogP contribution in [-0.4, -0.2) is 43.7 Å². The van der Waals surface area contributed by atoms with Crippen molar-refractivity contribution in [2.75, 3.05) is 7.11 Å². The zero-order valence-electron chi connectivity index (χ0n) is 21.4. The number of fused-ring (bicyclic) bond motifs is 1. The second-order valence-corrected chi connectivity index (χ2v) is 16.0. The summed E-state index contributed by atoms with van der Waals surface area (Å²) in [6, 6.07) is 9.74. The zero-order valence-corrected chi connectivity index (χ0v) is 22.4. The van der Waals surface area contributed by atoms with Crippen LogP contribution < -0.4 is 15.2 Å². The van der Waals surface area contributed by atoms with E-state index in [4.69, 9.17) is 15.2 Å². The van der Waals surface area contributed by atoms with Crippen molar-refractivity contribution >= 4 is 25.7 Å². The summed E-state index contributed by atoms with van der Waals surface area (Å²) in [6.07, 6.45) is 1.73. The first-order valence-corrected chi connectivity index (χ1v) is 15.9. The lowest BCUT2D eigenvalue weighted by Gasteiger charge is -2.25. The van der Waals surface area contributed by atoms with Gasteiger partial charge in [0.25, 0.3) is 5.91 Å². The number of hydrogen-bond donors (Lipinski definition) is 1. The fourth-order valence-corrected chi connectivity index (χ4v) is 5.61. The average molecular weight is 515 g/mol. The Labute approximate surface area is 212 Å². The first kappa shape index (κ1) is 27.4. The molecule has 0 radical (unpaired) electrons. The normalized spacial score (nSPS) is 13.9. The topological polar surface area (TPSA) is 98.9 Å². The molecule has 36 heavy (non-hydrogen) atoms. The highest BCUT2D eigenvalue weighted by atomic mass is 28.3. The van der Waals surface area contributed by atoms with E-state index in [0.717, 1.165) is 12.5 Å². The monoisotopic (exact) mass is 514 g/mol. The molecule has 0 spiro atoms. The van der Waals surface area contributed by atoms with Gasteiger partial charge in [-0.05, 0) is 42.2 Å². The highest BCUT2D eigenvalue weighted by Crippen LogP contribution is 2.30. The summed E-state index contributed by atoms with van der Waals surface area (Å²) in [5, 5.41) is 0. The van der Waals surface area contributed by atoms with Crippen molar-refractivity contribution in [3.05, 3.63) is 58.9 Å². The van der Waals surface area contributed by atoms with Crippen molar-refractivity contribution in [1.82, 2.24) is 4.90 Å². The van der Waals surface area contributed by atoms with Crippen LogP contribution in [0.5, 0.6) is 11.5 Å². The Bertz CT molecular complexity index is 1130. The van der Waals surface area contributed by atoms with Gasteiger partial charge in [-0.15, -0.1) is 0 Å². The van der Waals surface area contributed by atoms with Crippen molar-refractivity contribution in [2.24, 2.45) is 5.73 Å². The molecular formula is C27H35FN2O5Si. The molecule has 0 fully saturated rings. The van der Waals surface area contributed by atoms with Crippen LogP contribution in [0.15, 0.2) is 36.4 Å². The van der Waals surface area contributed by atoms with Crippen LogP contribution >= 0.6 is 0 Å². The van der Waals surface area contributed by atoms with Crippen LogP contribution in [-0.2, 0) is 22.7 Å². The zero-order chi connectivity index (χ0) is 26.5. The van der Waals surface area contributed by atoms with Gasteiger partial charge in [-0.1, -0.05) is 37.8 Å². The van der Waals surface area contributed by atoms with Crippen LogP contribution in [0.4, 0.5) is 4.39 Å². The third kappa shape index (κ3) is 6.93. The third-order valence-corrected chi connectivity index (χ3v) is 8.25.